The molecule has 24 heavy (non-hydrogen) atoms. The molecule has 2 fully saturated rings. The lowest BCUT2D eigenvalue weighted by Crippen LogP contribution is -2.61. The van der Waals surface area contributed by atoms with Gasteiger partial charge in [0.2, 0.25) is 11.8 Å². The Labute approximate surface area is 164 Å². The zero-order valence-electron chi connectivity index (χ0n) is 13.3. The minimum atomic E-state index is -0.651. The molecule has 2 saturated heterocycles. The third-order valence-electron chi connectivity index (χ3n) is 3.08. The van der Waals surface area contributed by atoms with Crippen LogP contribution in [0.3, 0.4) is 0 Å². The van der Waals surface area contributed by atoms with E-state index < -0.39 is 12.1 Å². The molecule has 6 N–H and O–H groups in total. The van der Waals surface area contributed by atoms with Crippen molar-refractivity contribution in [2.24, 2.45) is 5.73 Å². The first-order chi connectivity index (χ1) is 11.0. The van der Waals surface area contributed by atoms with E-state index in [4.69, 9.17) is 15.9 Å². The minimum Gasteiger partial charge on any atom is -0.464 e. The lowest BCUT2D eigenvalue weighted by molar-refractivity contribution is -0.139. The smallest absolute Gasteiger partial charge is 0.323 e. The molecular weight excluding hydrogens is 548 g/mol. The van der Waals surface area contributed by atoms with Crippen LogP contribution in [-0.2, 0) is 19.1 Å². The van der Waals surface area contributed by atoms with Gasteiger partial charge < -0.3 is 38.7 Å². The number of ether oxygens (including phenoxy) is 1. The number of carbonyl (C=O) groups excluding carboxylic acids is 3. The summed E-state index contributed by atoms with van der Waals surface area (Å²) in [6.45, 7) is 0.200. The van der Waals surface area contributed by atoms with Crippen molar-refractivity contribution in [2.45, 2.75) is 37.4 Å². The zero-order valence-corrected chi connectivity index (χ0v) is 17.7. The number of piperazine rings is 1. The summed E-state index contributed by atoms with van der Waals surface area (Å²) >= 11 is 4.24. The third kappa shape index (κ3) is 9.29. The summed E-state index contributed by atoms with van der Waals surface area (Å²) < 4.78 is 4.50. The van der Waals surface area contributed by atoms with E-state index >= 15 is 0 Å². The number of hydrogen-bond donors (Lipinski definition) is 5. The van der Waals surface area contributed by atoms with Crippen molar-refractivity contribution in [3.05, 3.63) is 7.43 Å². The summed E-state index contributed by atoms with van der Waals surface area (Å²) in [5, 5.41) is 22.2. The molecule has 0 radical (unpaired) electrons. The Morgan fingerprint density at radius 1 is 1.04 bits per heavy atom. The van der Waals surface area contributed by atoms with Gasteiger partial charge in [0, 0.05) is 56.9 Å². The van der Waals surface area contributed by atoms with Crippen molar-refractivity contribution >= 4 is 55.0 Å². The lowest BCUT2D eigenvalue weighted by Gasteiger charge is -2.28. The molecule has 0 aromatic heterocycles. The van der Waals surface area contributed by atoms with Crippen LogP contribution in [0.15, 0.2) is 0 Å². The van der Waals surface area contributed by atoms with Crippen molar-refractivity contribution in [1.82, 2.24) is 10.6 Å². The van der Waals surface area contributed by atoms with Crippen LogP contribution in [0.4, 0.5) is 0 Å². The highest BCUT2D eigenvalue weighted by Crippen LogP contribution is 2.03. The molecule has 9 nitrogen and oxygen atoms in total. The van der Waals surface area contributed by atoms with Crippen LogP contribution in [-0.4, -0.2) is 65.9 Å². The van der Waals surface area contributed by atoms with E-state index in [-0.39, 0.29) is 57.3 Å². The molecule has 142 valence electrons. The summed E-state index contributed by atoms with van der Waals surface area (Å²) in [6.07, 6.45) is 1.10. The van der Waals surface area contributed by atoms with Crippen molar-refractivity contribution < 1.29 is 29.3 Å². The minimum absolute atomic E-state index is 0. The van der Waals surface area contributed by atoms with Crippen LogP contribution in [0.1, 0.15) is 19.3 Å². The molecule has 0 aromatic rings. The summed E-state index contributed by atoms with van der Waals surface area (Å²) in [4.78, 5) is 32.8. The van der Waals surface area contributed by atoms with E-state index in [1.807, 2.05) is 0 Å². The standard InChI is InChI=1S/C8H14N2O4.C4H7NO2.CH3.I2/c11-3-1-5-7(13)10-6(2-4-12)8(14)9-5;5-3-1-2-7-4(3)6;;1-2/h5-6,11-12H,1-4H2,(H,9,14)(H,10,13);3H,1-2,5H2;1H3;/q;;-1;. The fraction of sp³-hybridized carbons (Fsp3) is 0.692. The first-order valence-corrected chi connectivity index (χ1v) is 13.2. The Morgan fingerprint density at radius 2 is 1.46 bits per heavy atom. The van der Waals surface area contributed by atoms with Crippen LogP contribution < -0.4 is 16.4 Å². The molecule has 3 atom stereocenters. The number of nitrogens with one attached hydrogen (secondary N) is 2. The van der Waals surface area contributed by atoms with Gasteiger partial charge in [-0.05, 0) is 12.8 Å². The molecule has 2 aliphatic heterocycles. The molecule has 0 saturated carbocycles. The van der Waals surface area contributed by atoms with Crippen LogP contribution in [0.5, 0.6) is 0 Å². The maximum Gasteiger partial charge on any atom is 0.323 e. The van der Waals surface area contributed by atoms with E-state index in [9.17, 15) is 14.4 Å². The Hall–Kier alpha value is -0.250. The predicted octanol–water partition coefficient (Wildman–Crippen LogP) is -0.783. The molecule has 2 amide bonds. The van der Waals surface area contributed by atoms with E-state index in [0.717, 1.165) is 0 Å². The van der Waals surface area contributed by atoms with Gasteiger partial charge in [-0.25, -0.2) is 0 Å². The van der Waals surface area contributed by atoms with Gasteiger partial charge in [0.05, 0.1) is 6.61 Å². The van der Waals surface area contributed by atoms with Gasteiger partial charge in [0.25, 0.3) is 0 Å². The molecule has 0 aromatic carbocycles. The van der Waals surface area contributed by atoms with Crippen LogP contribution in [0.2, 0.25) is 0 Å². The summed E-state index contributed by atoms with van der Waals surface area (Å²) in [7, 11) is 0. The number of amides is 2. The second-order valence-electron chi connectivity index (χ2n) is 4.71. The Bertz CT molecular complexity index is 376. The van der Waals surface area contributed by atoms with Gasteiger partial charge in [-0.3, -0.25) is 14.4 Å². The zero-order chi connectivity index (χ0) is 17.8. The third-order valence-corrected chi connectivity index (χ3v) is 3.08. The molecule has 2 rings (SSSR count). The fourth-order valence-corrected chi connectivity index (χ4v) is 1.85. The number of halogens is 2. The molecule has 3 unspecified atom stereocenters. The monoisotopic (exact) mass is 572 g/mol. The second kappa shape index (κ2) is 15.0. The molecule has 0 spiro atoms. The van der Waals surface area contributed by atoms with Gasteiger partial charge in [0.15, 0.2) is 0 Å². The highest BCUT2D eigenvalue weighted by atomic mass is 128. The number of esters is 1. The average Bonchev–Trinajstić information content (AvgIpc) is 2.91. The normalized spacial score (nSPS) is 24.9. The Kier molecular flexibility index (Phi) is 16.3. The Balaban J connectivity index is 0. The van der Waals surface area contributed by atoms with Crippen LogP contribution in [0.25, 0.3) is 0 Å². The molecular formula is C13H24I2N3O6-. The van der Waals surface area contributed by atoms with Crippen molar-refractivity contribution in [3.8, 4) is 0 Å². The van der Waals surface area contributed by atoms with E-state index in [0.29, 0.717) is 13.0 Å². The molecule has 0 aliphatic carbocycles. The summed E-state index contributed by atoms with van der Waals surface area (Å²) in [5.41, 5.74) is 5.20. The first kappa shape index (κ1) is 26.0. The SMILES string of the molecule is II.NC1CCOC1=O.O=C1NC(CCO)C(=O)NC1CCO.[CH3-]. The van der Waals surface area contributed by atoms with Gasteiger partial charge in [-0.1, -0.05) is 0 Å². The van der Waals surface area contributed by atoms with E-state index in [1.165, 1.54) is 0 Å². The predicted molar refractivity (Wildman–Crippen MR) is 105 cm³/mol. The summed E-state index contributed by atoms with van der Waals surface area (Å²) in [5.74, 6) is -0.880. The topological polar surface area (TPSA) is 151 Å². The number of rotatable bonds is 4. The maximum atomic E-state index is 11.3. The van der Waals surface area contributed by atoms with Gasteiger partial charge in [-0.2, -0.15) is 0 Å². The largest absolute Gasteiger partial charge is 0.464 e. The van der Waals surface area contributed by atoms with Crippen molar-refractivity contribution in [2.75, 3.05) is 19.8 Å². The molecule has 2 heterocycles. The van der Waals surface area contributed by atoms with Gasteiger partial charge in [-0.15, -0.1) is 0 Å². The molecule has 2 aliphatic rings. The Morgan fingerprint density at radius 3 is 1.67 bits per heavy atom. The van der Waals surface area contributed by atoms with E-state index in [1.54, 1.807) is 0 Å². The number of nitrogens with two attached hydrogens (primary N) is 1. The number of hydrogen-bond acceptors (Lipinski definition) is 7. The number of carbonyl (C=O) groups is 3. The number of cyclic esters (lactones) is 1. The second-order valence-corrected chi connectivity index (χ2v) is 4.71. The van der Waals surface area contributed by atoms with Gasteiger partial charge in [0.1, 0.15) is 18.1 Å². The number of aliphatic hydroxyl groups is 2. The molecule has 11 heteroatoms. The van der Waals surface area contributed by atoms with Crippen molar-refractivity contribution in [3.63, 3.8) is 0 Å². The molecule has 0 bridgehead atoms. The van der Waals surface area contributed by atoms with Crippen LogP contribution >= 0.6 is 37.2 Å². The van der Waals surface area contributed by atoms with E-state index in [2.05, 4.69) is 52.6 Å². The first-order valence-electron chi connectivity index (χ1n) is 6.88. The van der Waals surface area contributed by atoms with Crippen LogP contribution in [0, 0.1) is 7.43 Å². The van der Waals surface area contributed by atoms with Crippen molar-refractivity contribution in [1.29, 1.82) is 0 Å². The summed E-state index contributed by atoms with van der Waals surface area (Å²) in [6, 6.07) is -1.65. The van der Waals surface area contributed by atoms with Gasteiger partial charge >= 0.3 is 5.97 Å². The highest BCUT2D eigenvalue weighted by molar-refractivity contribution is 15.0. The quantitative estimate of drug-likeness (QED) is 0.169. The average molecular weight is 572 g/mol. The number of aliphatic hydroxyl groups excluding tert-OH is 2. The lowest BCUT2D eigenvalue weighted by atomic mass is 10.1. The maximum absolute atomic E-state index is 11.3. The fourth-order valence-electron chi connectivity index (χ4n) is 1.85. The highest BCUT2D eigenvalue weighted by Gasteiger charge is 2.32.